The zero-order valence-corrected chi connectivity index (χ0v) is 15.6. The number of pyridine rings is 1. The summed E-state index contributed by atoms with van der Waals surface area (Å²) in [5, 5.41) is 5.85. The average molecular weight is 370 g/mol. The van der Waals surface area contributed by atoms with Gasteiger partial charge in [0, 0.05) is 23.1 Å². The van der Waals surface area contributed by atoms with Gasteiger partial charge in [-0.25, -0.2) is 4.68 Å². The number of aromatic amines is 1. The maximum Gasteiger partial charge on any atom is 0.254 e. The Morgan fingerprint density at radius 3 is 2.32 bits per heavy atom. The Labute approximate surface area is 163 Å². The highest BCUT2D eigenvalue weighted by molar-refractivity contribution is 5.92. The van der Waals surface area contributed by atoms with E-state index in [0.717, 1.165) is 46.6 Å². The highest BCUT2D eigenvalue weighted by Gasteiger charge is 2.19. The van der Waals surface area contributed by atoms with Crippen LogP contribution in [0.4, 0.5) is 0 Å². The zero-order chi connectivity index (χ0) is 18.9. The minimum atomic E-state index is -0.0314. The molecule has 1 aliphatic rings. The number of nitrogens with one attached hydrogen (secondary N) is 1. The Kier molecular flexibility index (Phi) is 4.29. The molecule has 5 heteroatoms. The van der Waals surface area contributed by atoms with Gasteiger partial charge in [-0.3, -0.25) is 9.69 Å². The third kappa shape index (κ3) is 3.04. The largest absolute Gasteiger partial charge is 0.306 e. The van der Waals surface area contributed by atoms with Crippen molar-refractivity contribution in [2.75, 3.05) is 13.1 Å². The number of fused-ring (bicyclic) bond motifs is 1. The molecular weight excluding hydrogens is 348 g/mol. The van der Waals surface area contributed by atoms with Gasteiger partial charge in [0.15, 0.2) is 0 Å². The van der Waals surface area contributed by atoms with E-state index in [0.29, 0.717) is 6.54 Å². The lowest BCUT2D eigenvalue weighted by Crippen LogP contribution is -2.24. The molecule has 2 aromatic heterocycles. The van der Waals surface area contributed by atoms with Crippen molar-refractivity contribution < 1.29 is 0 Å². The van der Waals surface area contributed by atoms with Gasteiger partial charge in [0.05, 0.1) is 5.69 Å². The van der Waals surface area contributed by atoms with E-state index >= 15 is 0 Å². The van der Waals surface area contributed by atoms with E-state index in [9.17, 15) is 4.79 Å². The first kappa shape index (κ1) is 17.0. The molecule has 0 bridgehead atoms. The fourth-order valence-electron chi connectivity index (χ4n) is 3.98. The highest BCUT2D eigenvalue weighted by Crippen LogP contribution is 2.29. The second kappa shape index (κ2) is 7.09. The number of hydrogen-bond acceptors (Lipinski definition) is 3. The Hall–Kier alpha value is -3.18. The molecule has 0 spiro atoms. The molecule has 0 amide bonds. The maximum absolute atomic E-state index is 12.8. The molecule has 5 rings (SSSR count). The molecule has 1 saturated heterocycles. The Bertz CT molecular complexity index is 1160. The average Bonchev–Trinajstić information content (AvgIpc) is 3.38. The van der Waals surface area contributed by atoms with Crippen LogP contribution in [0, 0.1) is 0 Å². The number of benzene rings is 2. The highest BCUT2D eigenvalue weighted by atomic mass is 16.1. The Balaban J connectivity index is 1.71. The van der Waals surface area contributed by atoms with Crippen LogP contribution in [0.3, 0.4) is 0 Å². The van der Waals surface area contributed by atoms with E-state index in [1.807, 2.05) is 59.3 Å². The van der Waals surface area contributed by atoms with Crippen LogP contribution in [0.5, 0.6) is 0 Å². The molecule has 1 fully saturated rings. The van der Waals surface area contributed by atoms with Crippen LogP contribution in [0.2, 0.25) is 0 Å². The van der Waals surface area contributed by atoms with Gasteiger partial charge in [0.2, 0.25) is 0 Å². The first-order valence-electron chi connectivity index (χ1n) is 9.78. The Morgan fingerprint density at radius 1 is 0.929 bits per heavy atom. The number of nitrogens with zero attached hydrogens (tertiary/aromatic N) is 3. The molecule has 1 aliphatic heterocycles. The lowest BCUT2D eigenvalue weighted by Gasteiger charge is -2.14. The topological polar surface area (TPSA) is 53.9 Å². The van der Waals surface area contributed by atoms with Crippen LogP contribution < -0.4 is 5.56 Å². The molecule has 2 aromatic carbocycles. The molecule has 140 valence electrons. The first-order chi connectivity index (χ1) is 13.8. The minimum Gasteiger partial charge on any atom is -0.306 e. The number of para-hydroxylation sites is 1. The SMILES string of the molecule is O=c1[nH]c2c(cc1CN1CCCC1)c(-c1ccccc1)nn2-c1ccccc1. The van der Waals surface area contributed by atoms with Gasteiger partial charge in [0.1, 0.15) is 11.3 Å². The first-order valence-corrected chi connectivity index (χ1v) is 9.78. The summed E-state index contributed by atoms with van der Waals surface area (Å²) in [6.07, 6.45) is 2.42. The molecule has 3 heterocycles. The van der Waals surface area contributed by atoms with Gasteiger partial charge in [-0.2, -0.15) is 5.10 Å². The summed E-state index contributed by atoms with van der Waals surface area (Å²) in [6.45, 7) is 2.81. The van der Waals surface area contributed by atoms with Crippen molar-refractivity contribution in [1.29, 1.82) is 0 Å². The fourth-order valence-corrected chi connectivity index (χ4v) is 3.98. The number of rotatable bonds is 4. The Morgan fingerprint density at radius 2 is 1.61 bits per heavy atom. The molecule has 1 N–H and O–H groups in total. The van der Waals surface area contributed by atoms with Crippen LogP contribution in [0.15, 0.2) is 71.5 Å². The normalized spacial score (nSPS) is 14.7. The van der Waals surface area contributed by atoms with Gasteiger partial charge < -0.3 is 4.98 Å². The van der Waals surface area contributed by atoms with E-state index < -0.39 is 0 Å². The number of H-pyrrole nitrogens is 1. The molecule has 0 atom stereocenters. The molecular formula is C23H22N4O. The summed E-state index contributed by atoms with van der Waals surface area (Å²) >= 11 is 0. The smallest absolute Gasteiger partial charge is 0.254 e. The number of hydrogen-bond donors (Lipinski definition) is 1. The van der Waals surface area contributed by atoms with Crippen LogP contribution in [0.25, 0.3) is 28.0 Å². The summed E-state index contributed by atoms with van der Waals surface area (Å²) in [4.78, 5) is 18.3. The molecule has 0 unspecified atom stereocenters. The quantitative estimate of drug-likeness (QED) is 0.591. The van der Waals surface area contributed by atoms with E-state index in [2.05, 4.69) is 22.0 Å². The second-order valence-electron chi connectivity index (χ2n) is 7.33. The van der Waals surface area contributed by atoms with Crippen molar-refractivity contribution in [2.45, 2.75) is 19.4 Å². The summed E-state index contributed by atoms with van der Waals surface area (Å²) in [6, 6.07) is 22.1. The molecule has 0 saturated carbocycles. The summed E-state index contributed by atoms with van der Waals surface area (Å²) in [5.74, 6) is 0. The summed E-state index contributed by atoms with van der Waals surface area (Å²) < 4.78 is 1.83. The van der Waals surface area contributed by atoms with Crippen molar-refractivity contribution in [1.82, 2.24) is 19.7 Å². The van der Waals surface area contributed by atoms with Crippen molar-refractivity contribution in [2.24, 2.45) is 0 Å². The summed E-state index contributed by atoms with van der Waals surface area (Å²) in [5.41, 5.74) is 4.37. The molecule has 4 aromatic rings. The minimum absolute atomic E-state index is 0.0314. The van der Waals surface area contributed by atoms with Crippen molar-refractivity contribution in [3.8, 4) is 16.9 Å². The predicted octanol–water partition coefficient (Wildman–Crippen LogP) is 3.98. The monoisotopic (exact) mass is 370 g/mol. The van der Waals surface area contributed by atoms with Gasteiger partial charge >= 0.3 is 0 Å². The van der Waals surface area contributed by atoms with E-state index in [1.54, 1.807) is 0 Å². The standard InChI is InChI=1S/C23H22N4O/c28-23-18(16-26-13-7-8-14-26)15-20-21(17-9-3-1-4-10-17)25-27(22(20)24-23)19-11-5-2-6-12-19/h1-6,9-12,15H,7-8,13-14,16H2,(H,24,28). The molecule has 28 heavy (non-hydrogen) atoms. The van der Waals surface area contributed by atoms with Gasteiger partial charge in [-0.15, -0.1) is 0 Å². The zero-order valence-electron chi connectivity index (χ0n) is 15.6. The molecule has 0 radical (unpaired) electrons. The summed E-state index contributed by atoms with van der Waals surface area (Å²) in [7, 11) is 0. The third-order valence-electron chi connectivity index (χ3n) is 5.40. The van der Waals surface area contributed by atoms with Crippen LogP contribution in [-0.4, -0.2) is 32.8 Å². The van der Waals surface area contributed by atoms with Gasteiger partial charge in [0.25, 0.3) is 5.56 Å². The van der Waals surface area contributed by atoms with E-state index in [4.69, 9.17) is 5.10 Å². The number of aromatic nitrogens is 3. The van der Waals surface area contributed by atoms with Crippen LogP contribution >= 0.6 is 0 Å². The van der Waals surface area contributed by atoms with Crippen molar-refractivity contribution >= 4 is 11.0 Å². The van der Waals surface area contributed by atoms with Crippen LogP contribution in [0.1, 0.15) is 18.4 Å². The van der Waals surface area contributed by atoms with E-state index in [1.165, 1.54) is 12.8 Å². The second-order valence-corrected chi connectivity index (χ2v) is 7.33. The van der Waals surface area contributed by atoms with E-state index in [-0.39, 0.29) is 5.56 Å². The fraction of sp³-hybridized carbons (Fsp3) is 0.217. The van der Waals surface area contributed by atoms with Crippen LogP contribution in [-0.2, 0) is 6.54 Å². The molecule has 0 aliphatic carbocycles. The molecule has 5 nitrogen and oxygen atoms in total. The van der Waals surface area contributed by atoms with Crippen molar-refractivity contribution in [3.05, 3.63) is 82.6 Å². The lowest BCUT2D eigenvalue weighted by molar-refractivity contribution is 0.330. The third-order valence-corrected chi connectivity index (χ3v) is 5.40. The van der Waals surface area contributed by atoms with Gasteiger partial charge in [-0.1, -0.05) is 48.5 Å². The van der Waals surface area contributed by atoms with Gasteiger partial charge in [-0.05, 0) is 44.1 Å². The number of likely N-dealkylation sites (tertiary alicyclic amines) is 1. The lowest BCUT2D eigenvalue weighted by atomic mass is 10.1. The predicted molar refractivity (Wildman–Crippen MR) is 112 cm³/mol. The van der Waals surface area contributed by atoms with Crippen molar-refractivity contribution in [3.63, 3.8) is 0 Å². The maximum atomic E-state index is 12.8.